The number of benzene rings is 2. The van der Waals surface area contributed by atoms with Crippen LogP contribution in [0.2, 0.25) is 0 Å². The average molecular weight is 391 g/mol. The molecule has 146 valence electrons. The zero-order valence-electron chi connectivity index (χ0n) is 16.4. The Bertz CT molecular complexity index is 925. The Hall–Kier alpha value is -2.54. The molecule has 0 saturated carbocycles. The van der Waals surface area contributed by atoms with Gasteiger partial charge in [0.05, 0.1) is 19.1 Å². The third-order valence-electron chi connectivity index (χ3n) is 4.48. The Labute approximate surface area is 161 Å². The number of para-hydroxylation sites is 1. The Kier molecular flexibility index (Phi) is 6.49. The molecule has 0 saturated heterocycles. The molecule has 0 unspecified atom stereocenters. The molecule has 2 aromatic carbocycles. The Morgan fingerprint density at radius 3 is 2.33 bits per heavy atom. The van der Waals surface area contributed by atoms with Crippen LogP contribution in [-0.4, -0.2) is 46.2 Å². The minimum absolute atomic E-state index is 0.257. The lowest BCUT2D eigenvalue weighted by molar-refractivity contribution is -0.128. The van der Waals surface area contributed by atoms with Crippen LogP contribution in [0.3, 0.4) is 0 Å². The number of hydrogen-bond acceptors (Lipinski definition) is 4. The number of likely N-dealkylation sites (N-methyl/N-ethyl adjacent to an activating group) is 1. The molecule has 0 bridgehead atoms. The van der Waals surface area contributed by atoms with Gasteiger partial charge in [-0.05, 0) is 43.2 Å². The van der Waals surface area contributed by atoms with E-state index >= 15 is 0 Å². The molecule has 7 heteroatoms. The molecule has 1 amide bonds. The Morgan fingerprint density at radius 1 is 1.07 bits per heavy atom. The monoisotopic (exact) mass is 390 g/mol. The average Bonchev–Trinajstić information content (AvgIpc) is 2.61. The quantitative estimate of drug-likeness (QED) is 0.729. The summed E-state index contributed by atoms with van der Waals surface area (Å²) < 4.78 is 31.0. The highest BCUT2D eigenvalue weighted by Crippen LogP contribution is 2.22. The smallest absolute Gasteiger partial charge is 0.243 e. The van der Waals surface area contributed by atoms with Gasteiger partial charge < -0.3 is 9.64 Å². The van der Waals surface area contributed by atoms with Gasteiger partial charge in [0.1, 0.15) is 12.3 Å². The molecule has 0 heterocycles. The maximum Gasteiger partial charge on any atom is 0.243 e. The molecule has 27 heavy (non-hydrogen) atoms. The van der Waals surface area contributed by atoms with E-state index in [1.165, 1.54) is 4.90 Å². The standard InChI is InChI=1S/C20H26N2O4S/c1-15-10-11-18(12-16(15)2)22(27(5,24)25)14-20(23)21(3)13-17-8-6-7-9-19(17)26-4/h6-12H,13-14H2,1-5H3. The molecule has 0 atom stereocenters. The number of ether oxygens (including phenoxy) is 1. The van der Waals surface area contributed by atoms with Gasteiger partial charge in [0, 0.05) is 19.2 Å². The third kappa shape index (κ3) is 5.23. The normalized spacial score (nSPS) is 11.1. The second-order valence-electron chi connectivity index (χ2n) is 6.60. The van der Waals surface area contributed by atoms with Gasteiger partial charge in [0.25, 0.3) is 0 Å². The van der Waals surface area contributed by atoms with E-state index in [4.69, 9.17) is 4.74 Å². The minimum Gasteiger partial charge on any atom is -0.496 e. The molecule has 0 spiro atoms. The first-order chi connectivity index (χ1) is 12.6. The van der Waals surface area contributed by atoms with Gasteiger partial charge in [0.15, 0.2) is 0 Å². The van der Waals surface area contributed by atoms with Crippen molar-refractivity contribution < 1.29 is 17.9 Å². The number of carbonyl (C=O) groups is 1. The minimum atomic E-state index is -3.60. The summed E-state index contributed by atoms with van der Waals surface area (Å²) in [4.78, 5) is 14.2. The Balaban J connectivity index is 2.21. The van der Waals surface area contributed by atoms with Crippen molar-refractivity contribution in [3.63, 3.8) is 0 Å². The maximum atomic E-state index is 12.7. The van der Waals surface area contributed by atoms with Crippen LogP contribution in [0.1, 0.15) is 16.7 Å². The molecule has 2 rings (SSSR count). The first-order valence-electron chi connectivity index (χ1n) is 8.54. The highest BCUT2D eigenvalue weighted by molar-refractivity contribution is 7.92. The van der Waals surface area contributed by atoms with E-state index in [-0.39, 0.29) is 12.5 Å². The highest BCUT2D eigenvalue weighted by Gasteiger charge is 2.23. The number of amides is 1. The van der Waals surface area contributed by atoms with E-state index in [0.717, 1.165) is 27.3 Å². The molecule has 2 aromatic rings. The van der Waals surface area contributed by atoms with Gasteiger partial charge in [-0.25, -0.2) is 8.42 Å². The van der Waals surface area contributed by atoms with Crippen LogP contribution in [0.25, 0.3) is 0 Å². The summed E-state index contributed by atoms with van der Waals surface area (Å²) >= 11 is 0. The fourth-order valence-electron chi connectivity index (χ4n) is 2.70. The van der Waals surface area contributed by atoms with Gasteiger partial charge >= 0.3 is 0 Å². The van der Waals surface area contributed by atoms with Gasteiger partial charge in [-0.15, -0.1) is 0 Å². The summed E-state index contributed by atoms with van der Waals surface area (Å²) in [5.41, 5.74) is 3.37. The van der Waals surface area contributed by atoms with Crippen molar-refractivity contribution in [2.75, 3.05) is 31.3 Å². The fourth-order valence-corrected chi connectivity index (χ4v) is 3.54. The van der Waals surface area contributed by atoms with Gasteiger partial charge in [-0.2, -0.15) is 0 Å². The lowest BCUT2D eigenvalue weighted by Crippen LogP contribution is -2.41. The van der Waals surface area contributed by atoms with Crippen molar-refractivity contribution >= 4 is 21.6 Å². The van der Waals surface area contributed by atoms with Crippen LogP contribution in [0.4, 0.5) is 5.69 Å². The van der Waals surface area contributed by atoms with Crippen molar-refractivity contribution in [1.82, 2.24) is 4.90 Å². The summed E-state index contributed by atoms with van der Waals surface area (Å²) in [6, 6.07) is 12.8. The number of hydrogen-bond donors (Lipinski definition) is 0. The van der Waals surface area contributed by atoms with Crippen LogP contribution in [0, 0.1) is 13.8 Å². The molecule has 0 aliphatic rings. The van der Waals surface area contributed by atoms with Crippen LogP contribution in [0.5, 0.6) is 5.75 Å². The van der Waals surface area contributed by atoms with Gasteiger partial charge in [-0.3, -0.25) is 9.10 Å². The summed E-state index contributed by atoms with van der Waals surface area (Å²) in [7, 11) is -0.377. The molecule has 0 aliphatic carbocycles. The van der Waals surface area contributed by atoms with E-state index in [2.05, 4.69) is 0 Å². The number of aryl methyl sites for hydroxylation is 2. The summed E-state index contributed by atoms with van der Waals surface area (Å²) in [6.07, 6.45) is 1.11. The molecule has 6 nitrogen and oxygen atoms in total. The molecule has 0 radical (unpaired) electrons. The topological polar surface area (TPSA) is 66.9 Å². The number of anilines is 1. The van der Waals surface area contributed by atoms with Gasteiger partial charge in [-0.1, -0.05) is 24.3 Å². The predicted octanol–water partition coefficient (Wildman–Crippen LogP) is 2.74. The number of nitrogens with zero attached hydrogens (tertiary/aromatic N) is 2. The van der Waals surface area contributed by atoms with E-state index in [9.17, 15) is 13.2 Å². The van der Waals surface area contributed by atoms with Crippen molar-refractivity contribution in [2.24, 2.45) is 0 Å². The first-order valence-corrected chi connectivity index (χ1v) is 10.4. The van der Waals surface area contributed by atoms with Crippen LogP contribution in [0.15, 0.2) is 42.5 Å². The number of sulfonamides is 1. The van der Waals surface area contributed by atoms with E-state index in [1.54, 1.807) is 26.3 Å². The fraction of sp³-hybridized carbons (Fsp3) is 0.350. The first kappa shape index (κ1) is 20.8. The number of carbonyl (C=O) groups excluding carboxylic acids is 1. The Morgan fingerprint density at radius 2 is 1.74 bits per heavy atom. The summed E-state index contributed by atoms with van der Waals surface area (Å²) in [5, 5.41) is 0. The molecule has 0 N–H and O–H groups in total. The molecular weight excluding hydrogens is 364 g/mol. The molecular formula is C20H26N2O4S. The van der Waals surface area contributed by atoms with Crippen LogP contribution in [-0.2, 0) is 21.4 Å². The molecule has 0 aliphatic heterocycles. The van der Waals surface area contributed by atoms with Crippen LogP contribution >= 0.6 is 0 Å². The number of methoxy groups -OCH3 is 1. The second-order valence-corrected chi connectivity index (χ2v) is 8.51. The largest absolute Gasteiger partial charge is 0.496 e. The van der Waals surface area contributed by atoms with Crippen molar-refractivity contribution in [3.05, 3.63) is 59.2 Å². The lowest BCUT2D eigenvalue weighted by Gasteiger charge is -2.26. The second kappa shape index (κ2) is 8.43. The number of rotatable bonds is 7. The molecule has 0 fully saturated rings. The highest BCUT2D eigenvalue weighted by atomic mass is 32.2. The molecule has 0 aromatic heterocycles. The zero-order valence-corrected chi connectivity index (χ0v) is 17.2. The lowest BCUT2D eigenvalue weighted by atomic mass is 10.1. The zero-order chi connectivity index (χ0) is 20.2. The van der Waals surface area contributed by atoms with E-state index in [1.807, 2.05) is 44.2 Å². The van der Waals surface area contributed by atoms with E-state index in [0.29, 0.717) is 18.0 Å². The van der Waals surface area contributed by atoms with Crippen LogP contribution < -0.4 is 9.04 Å². The van der Waals surface area contributed by atoms with Crippen molar-refractivity contribution in [3.8, 4) is 5.75 Å². The summed E-state index contributed by atoms with van der Waals surface area (Å²) in [6.45, 7) is 3.94. The van der Waals surface area contributed by atoms with Crippen molar-refractivity contribution in [2.45, 2.75) is 20.4 Å². The van der Waals surface area contributed by atoms with Gasteiger partial charge in [0.2, 0.25) is 15.9 Å². The maximum absolute atomic E-state index is 12.7. The predicted molar refractivity (Wildman–Crippen MR) is 108 cm³/mol. The SMILES string of the molecule is COc1ccccc1CN(C)C(=O)CN(c1ccc(C)c(C)c1)S(C)(=O)=O. The van der Waals surface area contributed by atoms with E-state index < -0.39 is 10.0 Å². The summed E-state index contributed by atoms with van der Waals surface area (Å²) in [5.74, 6) is 0.385. The van der Waals surface area contributed by atoms with Crippen molar-refractivity contribution in [1.29, 1.82) is 0 Å². The third-order valence-corrected chi connectivity index (χ3v) is 5.62.